The van der Waals surface area contributed by atoms with E-state index in [9.17, 15) is 14.9 Å². The molecule has 1 heterocycles. The lowest BCUT2D eigenvalue weighted by atomic mass is 9.91. The van der Waals surface area contributed by atoms with Crippen molar-refractivity contribution in [2.45, 2.75) is 52.7 Å². The van der Waals surface area contributed by atoms with Gasteiger partial charge in [-0.1, -0.05) is 40.7 Å². The molecule has 0 spiro atoms. The van der Waals surface area contributed by atoms with E-state index in [1.54, 1.807) is 30.8 Å². The molecule has 0 atom stereocenters. The number of aryl methyl sites for hydroxylation is 1. The van der Waals surface area contributed by atoms with E-state index in [-0.39, 0.29) is 16.9 Å². The molecular formula is C21H31N3O4S. The van der Waals surface area contributed by atoms with E-state index >= 15 is 0 Å². The van der Waals surface area contributed by atoms with Crippen LogP contribution in [0.2, 0.25) is 0 Å². The molecule has 0 aliphatic carbocycles. The van der Waals surface area contributed by atoms with Crippen molar-refractivity contribution < 1.29 is 9.45 Å². The summed E-state index contributed by atoms with van der Waals surface area (Å²) in [6.07, 6.45) is 0. The van der Waals surface area contributed by atoms with Crippen molar-refractivity contribution in [1.82, 2.24) is 9.64 Å². The largest absolute Gasteiger partial charge is 0.375 e. The van der Waals surface area contributed by atoms with Crippen LogP contribution >= 0.6 is 11.8 Å². The number of thioether (sulfide) groups is 1. The molecule has 0 unspecified atom stereocenters. The third kappa shape index (κ3) is 5.51. The minimum Gasteiger partial charge on any atom is -0.375 e. The van der Waals surface area contributed by atoms with Crippen LogP contribution < -0.4 is 5.56 Å². The van der Waals surface area contributed by atoms with Gasteiger partial charge < -0.3 is 9.42 Å². The number of aromatic nitrogens is 1. The molecule has 0 bridgehead atoms. The molecule has 2 rings (SSSR count). The molecule has 0 aliphatic heterocycles. The average Bonchev–Trinajstić information content (AvgIpc) is 2.98. The van der Waals surface area contributed by atoms with Gasteiger partial charge in [-0.3, -0.25) is 14.9 Å². The van der Waals surface area contributed by atoms with Crippen molar-refractivity contribution in [3.05, 3.63) is 55.6 Å². The molecule has 0 fully saturated rings. The zero-order valence-corrected chi connectivity index (χ0v) is 19.0. The Morgan fingerprint density at radius 1 is 1.24 bits per heavy atom. The Morgan fingerprint density at radius 2 is 1.90 bits per heavy atom. The molecule has 0 amide bonds. The smallest absolute Gasteiger partial charge is 0.296 e. The van der Waals surface area contributed by atoms with E-state index in [1.165, 1.54) is 6.07 Å². The van der Waals surface area contributed by atoms with Gasteiger partial charge in [-0.2, -0.15) is 11.8 Å². The summed E-state index contributed by atoms with van der Waals surface area (Å²) in [7, 11) is 0. The maximum atomic E-state index is 13.2. The molecule has 0 N–H and O–H groups in total. The fourth-order valence-electron chi connectivity index (χ4n) is 3.14. The van der Waals surface area contributed by atoms with E-state index in [0.29, 0.717) is 17.1 Å². The van der Waals surface area contributed by atoms with Crippen LogP contribution in [0.4, 0.5) is 5.69 Å². The second-order valence-electron chi connectivity index (χ2n) is 8.08. The molecule has 160 valence electrons. The van der Waals surface area contributed by atoms with Crippen molar-refractivity contribution in [2.75, 3.05) is 25.4 Å². The fraction of sp³-hybridized carbons (Fsp3) is 0.571. The molecule has 0 radical (unpaired) electrons. The highest BCUT2D eigenvalue weighted by Crippen LogP contribution is 2.30. The van der Waals surface area contributed by atoms with E-state index in [1.807, 2.05) is 20.8 Å². The monoisotopic (exact) mass is 421 g/mol. The molecule has 29 heavy (non-hydrogen) atoms. The lowest BCUT2D eigenvalue weighted by molar-refractivity contribution is -0.384. The summed E-state index contributed by atoms with van der Waals surface area (Å²) in [5, 5.41) is 11.5. The van der Waals surface area contributed by atoms with Crippen LogP contribution in [0, 0.1) is 17.0 Å². The third-order valence-electron chi connectivity index (χ3n) is 4.82. The minimum atomic E-state index is -0.480. The van der Waals surface area contributed by atoms with Gasteiger partial charge in [0, 0.05) is 29.5 Å². The molecular weight excluding hydrogens is 390 g/mol. The Morgan fingerprint density at radius 3 is 2.45 bits per heavy atom. The van der Waals surface area contributed by atoms with Gasteiger partial charge in [0.05, 0.1) is 10.5 Å². The van der Waals surface area contributed by atoms with Gasteiger partial charge in [-0.15, -0.1) is 4.74 Å². The summed E-state index contributed by atoms with van der Waals surface area (Å²) in [5.74, 6) is 2.00. The van der Waals surface area contributed by atoms with E-state index in [4.69, 9.17) is 4.52 Å². The van der Waals surface area contributed by atoms with Gasteiger partial charge in [0.15, 0.2) is 5.69 Å². The Bertz CT molecular complexity index is 908. The van der Waals surface area contributed by atoms with Crippen molar-refractivity contribution >= 4 is 17.4 Å². The average molecular weight is 422 g/mol. The Labute approximate surface area is 176 Å². The number of benzene rings is 1. The summed E-state index contributed by atoms with van der Waals surface area (Å²) in [5.41, 5.74) is 0.647. The van der Waals surface area contributed by atoms with E-state index in [2.05, 4.69) is 18.7 Å². The molecule has 1 aromatic heterocycles. The van der Waals surface area contributed by atoms with Gasteiger partial charge in [-0.25, -0.2) is 0 Å². The number of nitro benzene ring substituents is 1. The second-order valence-corrected chi connectivity index (χ2v) is 9.18. The van der Waals surface area contributed by atoms with Crippen molar-refractivity contribution in [1.29, 1.82) is 0 Å². The fourth-order valence-corrected chi connectivity index (χ4v) is 4.13. The van der Waals surface area contributed by atoms with E-state index < -0.39 is 10.3 Å². The van der Waals surface area contributed by atoms with Crippen LogP contribution in [0.1, 0.15) is 51.5 Å². The van der Waals surface area contributed by atoms with Crippen molar-refractivity contribution in [3.8, 4) is 5.69 Å². The highest BCUT2D eigenvalue weighted by Gasteiger charge is 2.30. The van der Waals surface area contributed by atoms with Crippen LogP contribution in [0.15, 0.2) is 27.5 Å². The normalized spacial score (nSPS) is 12.0. The standard InChI is InChI=1S/C21H31N3O4S/c1-7-22(8-2)11-12-29-14-16-19(21(4,5)6)28-23(20(16)25)17-10-9-15(3)13-18(17)24(26)27/h9-10,13H,7-8,11-12,14H2,1-6H3. The molecule has 0 saturated carbocycles. The predicted octanol–water partition coefficient (Wildman–Crippen LogP) is 4.52. The summed E-state index contributed by atoms with van der Waals surface area (Å²) in [6, 6.07) is 4.77. The SMILES string of the molecule is CCN(CC)CCSCc1c(C(C)(C)C)on(-c2ccc(C)cc2[N+](=O)[O-])c1=O. The first-order valence-electron chi connectivity index (χ1n) is 9.91. The highest BCUT2D eigenvalue weighted by atomic mass is 32.2. The first kappa shape index (κ1) is 23.2. The maximum Gasteiger partial charge on any atom is 0.296 e. The lowest BCUT2D eigenvalue weighted by Gasteiger charge is -2.18. The molecule has 7 nitrogen and oxygen atoms in total. The van der Waals surface area contributed by atoms with Crippen LogP contribution in [0.3, 0.4) is 0 Å². The summed E-state index contributed by atoms with van der Waals surface area (Å²) in [6.45, 7) is 14.9. The summed E-state index contributed by atoms with van der Waals surface area (Å²) in [4.78, 5) is 26.5. The quantitative estimate of drug-likeness (QED) is 0.336. The lowest BCUT2D eigenvalue weighted by Crippen LogP contribution is -2.25. The Hall–Kier alpha value is -2.06. The van der Waals surface area contributed by atoms with Crippen LogP contribution in [0.25, 0.3) is 5.69 Å². The zero-order chi connectivity index (χ0) is 21.8. The number of hydrogen-bond donors (Lipinski definition) is 0. The molecule has 0 aliphatic rings. The highest BCUT2D eigenvalue weighted by molar-refractivity contribution is 7.98. The van der Waals surface area contributed by atoms with E-state index in [0.717, 1.165) is 35.7 Å². The number of nitro groups is 1. The van der Waals surface area contributed by atoms with Gasteiger partial charge >= 0.3 is 0 Å². The van der Waals surface area contributed by atoms with Crippen molar-refractivity contribution in [2.24, 2.45) is 0 Å². The molecule has 1 aromatic carbocycles. The van der Waals surface area contributed by atoms with Crippen molar-refractivity contribution in [3.63, 3.8) is 0 Å². The summed E-state index contributed by atoms with van der Waals surface area (Å²) >= 11 is 1.68. The first-order valence-corrected chi connectivity index (χ1v) is 11.1. The zero-order valence-electron chi connectivity index (χ0n) is 18.2. The molecule has 2 aromatic rings. The van der Waals surface area contributed by atoms with Crippen LogP contribution in [0.5, 0.6) is 0 Å². The Balaban J connectivity index is 2.41. The minimum absolute atomic E-state index is 0.137. The topological polar surface area (TPSA) is 81.5 Å². The molecule has 0 saturated heterocycles. The Kier molecular flexibility index (Phi) is 7.71. The number of rotatable bonds is 9. The van der Waals surface area contributed by atoms with Gasteiger partial charge in [0.2, 0.25) is 0 Å². The predicted molar refractivity (Wildman–Crippen MR) is 118 cm³/mol. The molecule has 8 heteroatoms. The second kappa shape index (κ2) is 9.63. The number of nitrogens with zero attached hydrogens (tertiary/aromatic N) is 3. The van der Waals surface area contributed by atoms with Crippen LogP contribution in [-0.4, -0.2) is 40.0 Å². The van der Waals surface area contributed by atoms with Gasteiger partial charge in [0.25, 0.3) is 11.2 Å². The van der Waals surface area contributed by atoms with Gasteiger partial charge in [-0.05, 0) is 31.6 Å². The third-order valence-corrected chi connectivity index (χ3v) is 5.78. The maximum absolute atomic E-state index is 13.2. The van der Waals surface area contributed by atoms with Crippen LogP contribution in [-0.2, 0) is 11.2 Å². The summed E-state index contributed by atoms with van der Waals surface area (Å²) < 4.78 is 7.01. The van der Waals surface area contributed by atoms with Gasteiger partial charge in [0.1, 0.15) is 5.76 Å². The number of hydrogen-bond acceptors (Lipinski definition) is 6. The first-order chi connectivity index (χ1) is 13.6.